The highest BCUT2D eigenvalue weighted by Gasteiger charge is 2.25. The predicted molar refractivity (Wildman–Crippen MR) is 90.1 cm³/mol. The van der Waals surface area contributed by atoms with Crippen molar-refractivity contribution in [1.82, 2.24) is 5.32 Å². The Labute approximate surface area is 146 Å². The lowest BCUT2D eigenvalue weighted by Gasteiger charge is -2.31. The van der Waals surface area contributed by atoms with E-state index in [-0.39, 0.29) is 48.7 Å². The smallest absolute Gasteiger partial charge is 0.220 e. The summed E-state index contributed by atoms with van der Waals surface area (Å²) in [4.78, 5) is 23.9. The van der Waals surface area contributed by atoms with Crippen LogP contribution in [0.1, 0.15) is 48.9 Å². The Morgan fingerprint density at radius 1 is 1.17 bits per heavy atom. The average molecular weight is 361 g/mol. The number of halogens is 3. The molecular weight excluding hydrogens is 338 g/mol. The molecule has 1 amide bonds. The summed E-state index contributed by atoms with van der Waals surface area (Å²) in [5, 5.41) is 2.93. The summed E-state index contributed by atoms with van der Waals surface area (Å²) in [6, 6.07) is 2.86. The third-order valence-electron chi connectivity index (χ3n) is 4.37. The van der Waals surface area contributed by atoms with Crippen molar-refractivity contribution in [2.45, 2.75) is 44.6 Å². The van der Waals surface area contributed by atoms with E-state index < -0.39 is 17.4 Å². The summed E-state index contributed by atoms with van der Waals surface area (Å²) < 4.78 is 26.3. The molecule has 134 valence electrons. The van der Waals surface area contributed by atoms with E-state index in [0.717, 1.165) is 37.8 Å². The number of carbonyl (C=O) groups excluding carboxylic acids is 2. The van der Waals surface area contributed by atoms with E-state index in [2.05, 4.69) is 5.32 Å². The molecule has 1 aromatic rings. The molecule has 0 aliphatic heterocycles. The number of carbonyl (C=O) groups is 2. The Bertz CT molecular complexity index is 584. The Kier molecular flexibility index (Phi) is 8.28. The van der Waals surface area contributed by atoms with Crippen molar-refractivity contribution in [3.8, 4) is 0 Å². The van der Waals surface area contributed by atoms with E-state index in [1.807, 2.05) is 0 Å². The molecule has 4 nitrogen and oxygen atoms in total. The summed E-state index contributed by atoms with van der Waals surface area (Å²) in [6.45, 7) is 0.532. The molecule has 0 saturated heterocycles. The van der Waals surface area contributed by atoms with Crippen molar-refractivity contribution in [3.63, 3.8) is 0 Å². The zero-order chi connectivity index (χ0) is 16.8. The van der Waals surface area contributed by atoms with Crippen LogP contribution < -0.4 is 11.1 Å². The number of nitrogens with two attached hydrogens (primary N) is 1. The molecule has 1 saturated carbocycles. The Balaban J connectivity index is 0.00000288. The molecule has 0 aromatic heterocycles. The number of Topliss-reactive ketones (excluding diaryl/α,β-unsaturated/α-hetero) is 1. The van der Waals surface area contributed by atoms with Gasteiger partial charge < -0.3 is 11.1 Å². The van der Waals surface area contributed by atoms with Crippen LogP contribution in [-0.4, -0.2) is 24.3 Å². The van der Waals surface area contributed by atoms with Gasteiger partial charge in [-0.05, 0) is 37.4 Å². The highest BCUT2D eigenvalue weighted by molar-refractivity contribution is 5.98. The molecule has 1 fully saturated rings. The number of amides is 1. The van der Waals surface area contributed by atoms with E-state index in [9.17, 15) is 18.4 Å². The SMILES string of the molecule is Cl.NCC1CCCCC1NC(=O)CCC(=O)c1ccc(F)cc1F. The number of rotatable bonds is 6. The molecule has 0 spiro atoms. The van der Waals surface area contributed by atoms with Gasteiger partial charge in [0.05, 0.1) is 5.56 Å². The maximum atomic E-state index is 13.5. The molecular formula is C17H23ClF2N2O2. The molecule has 2 rings (SSSR count). The lowest BCUT2D eigenvalue weighted by atomic mass is 9.84. The highest BCUT2D eigenvalue weighted by Crippen LogP contribution is 2.23. The lowest BCUT2D eigenvalue weighted by Crippen LogP contribution is -2.44. The minimum atomic E-state index is -0.897. The van der Waals surface area contributed by atoms with E-state index in [4.69, 9.17) is 5.73 Å². The quantitative estimate of drug-likeness (QED) is 0.766. The first-order valence-electron chi connectivity index (χ1n) is 7.99. The van der Waals surface area contributed by atoms with Crippen molar-refractivity contribution >= 4 is 24.1 Å². The number of hydrogen-bond donors (Lipinski definition) is 2. The van der Waals surface area contributed by atoms with Crippen LogP contribution in [0.4, 0.5) is 8.78 Å². The molecule has 0 heterocycles. The fourth-order valence-electron chi connectivity index (χ4n) is 3.04. The molecule has 2 unspecified atom stereocenters. The standard InChI is InChI=1S/C17H22F2N2O2.ClH/c18-12-5-6-13(14(19)9-12)16(22)7-8-17(23)21-15-4-2-1-3-11(15)10-20;/h5-6,9,11,15H,1-4,7-8,10,20H2,(H,21,23);1H. The van der Waals surface area contributed by atoms with Gasteiger partial charge in [0.2, 0.25) is 5.91 Å². The average Bonchev–Trinajstić information content (AvgIpc) is 2.53. The van der Waals surface area contributed by atoms with Gasteiger partial charge in [-0.1, -0.05) is 12.8 Å². The van der Waals surface area contributed by atoms with Gasteiger partial charge in [0.1, 0.15) is 11.6 Å². The van der Waals surface area contributed by atoms with Crippen molar-refractivity contribution in [2.75, 3.05) is 6.54 Å². The van der Waals surface area contributed by atoms with E-state index >= 15 is 0 Å². The maximum absolute atomic E-state index is 13.5. The third kappa shape index (κ3) is 5.53. The van der Waals surface area contributed by atoms with E-state index in [0.29, 0.717) is 12.6 Å². The highest BCUT2D eigenvalue weighted by atomic mass is 35.5. The Morgan fingerprint density at radius 3 is 2.54 bits per heavy atom. The minimum absolute atomic E-state index is 0. The number of benzene rings is 1. The minimum Gasteiger partial charge on any atom is -0.353 e. The van der Waals surface area contributed by atoms with Crippen molar-refractivity contribution in [1.29, 1.82) is 0 Å². The monoisotopic (exact) mass is 360 g/mol. The second-order valence-corrected chi connectivity index (χ2v) is 6.00. The van der Waals surface area contributed by atoms with Crippen LogP contribution in [0.5, 0.6) is 0 Å². The number of ketones is 1. The van der Waals surface area contributed by atoms with Gasteiger partial charge in [-0.15, -0.1) is 12.4 Å². The van der Waals surface area contributed by atoms with Crippen LogP contribution in [0.25, 0.3) is 0 Å². The van der Waals surface area contributed by atoms with Crippen LogP contribution in [0.3, 0.4) is 0 Å². The van der Waals surface area contributed by atoms with Crippen LogP contribution in [0.15, 0.2) is 18.2 Å². The molecule has 2 atom stereocenters. The summed E-state index contributed by atoms with van der Waals surface area (Å²) in [5.41, 5.74) is 5.54. The first-order chi connectivity index (χ1) is 11.0. The van der Waals surface area contributed by atoms with Gasteiger partial charge in [-0.25, -0.2) is 8.78 Å². The first kappa shape index (κ1) is 20.5. The fourth-order valence-corrected chi connectivity index (χ4v) is 3.04. The lowest BCUT2D eigenvalue weighted by molar-refractivity contribution is -0.122. The fraction of sp³-hybridized carbons (Fsp3) is 0.529. The van der Waals surface area contributed by atoms with Crippen LogP contribution in [-0.2, 0) is 4.79 Å². The molecule has 24 heavy (non-hydrogen) atoms. The molecule has 1 aliphatic rings. The topological polar surface area (TPSA) is 72.2 Å². The van der Waals surface area contributed by atoms with Gasteiger partial charge >= 0.3 is 0 Å². The third-order valence-corrected chi connectivity index (χ3v) is 4.37. The second-order valence-electron chi connectivity index (χ2n) is 6.00. The molecule has 0 radical (unpaired) electrons. The van der Waals surface area contributed by atoms with E-state index in [1.54, 1.807) is 0 Å². The normalized spacial score (nSPS) is 20.1. The van der Waals surface area contributed by atoms with Crippen LogP contribution >= 0.6 is 12.4 Å². The molecule has 7 heteroatoms. The van der Waals surface area contributed by atoms with Crippen LogP contribution in [0, 0.1) is 17.6 Å². The molecule has 1 aliphatic carbocycles. The molecule has 3 N–H and O–H groups in total. The largest absolute Gasteiger partial charge is 0.353 e. The summed E-state index contributed by atoms with van der Waals surface area (Å²) >= 11 is 0. The summed E-state index contributed by atoms with van der Waals surface area (Å²) in [5.74, 6) is -2.09. The van der Waals surface area contributed by atoms with E-state index in [1.165, 1.54) is 0 Å². The Hall–Kier alpha value is -1.53. The molecule has 0 bridgehead atoms. The maximum Gasteiger partial charge on any atom is 0.220 e. The van der Waals surface area contributed by atoms with Gasteiger partial charge in [-0.3, -0.25) is 9.59 Å². The van der Waals surface area contributed by atoms with Crippen LogP contribution in [0.2, 0.25) is 0 Å². The second kappa shape index (κ2) is 9.69. The summed E-state index contributed by atoms with van der Waals surface area (Å²) in [7, 11) is 0. The Morgan fingerprint density at radius 2 is 1.88 bits per heavy atom. The van der Waals surface area contributed by atoms with Gasteiger partial charge in [0.25, 0.3) is 0 Å². The van der Waals surface area contributed by atoms with Gasteiger partial charge in [-0.2, -0.15) is 0 Å². The number of hydrogen-bond acceptors (Lipinski definition) is 3. The number of nitrogens with one attached hydrogen (secondary N) is 1. The zero-order valence-electron chi connectivity index (χ0n) is 13.4. The molecule has 1 aromatic carbocycles. The van der Waals surface area contributed by atoms with Crippen molar-refractivity contribution in [2.24, 2.45) is 11.7 Å². The first-order valence-corrected chi connectivity index (χ1v) is 7.99. The summed E-state index contributed by atoms with van der Waals surface area (Å²) in [6.07, 6.45) is 3.96. The van der Waals surface area contributed by atoms with Crippen molar-refractivity contribution in [3.05, 3.63) is 35.4 Å². The van der Waals surface area contributed by atoms with Gasteiger partial charge in [0, 0.05) is 24.9 Å². The van der Waals surface area contributed by atoms with Gasteiger partial charge in [0.15, 0.2) is 5.78 Å². The van der Waals surface area contributed by atoms with Crippen molar-refractivity contribution < 1.29 is 18.4 Å². The predicted octanol–water partition coefficient (Wildman–Crippen LogP) is 2.98. The zero-order valence-corrected chi connectivity index (χ0v) is 14.2.